The van der Waals surface area contributed by atoms with Crippen molar-refractivity contribution in [2.24, 2.45) is 5.73 Å². The van der Waals surface area contributed by atoms with E-state index in [1.165, 1.54) is 5.56 Å². The van der Waals surface area contributed by atoms with Gasteiger partial charge < -0.3 is 15.6 Å². The lowest BCUT2D eigenvalue weighted by Crippen LogP contribution is -2.46. The van der Waals surface area contributed by atoms with E-state index in [9.17, 15) is 5.11 Å². The lowest BCUT2D eigenvalue weighted by Gasteiger charge is -2.34. The van der Waals surface area contributed by atoms with Gasteiger partial charge in [-0.2, -0.15) is 0 Å². The first kappa shape index (κ1) is 12.5. The van der Waals surface area contributed by atoms with Crippen LogP contribution in [-0.2, 0) is 17.8 Å². The van der Waals surface area contributed by atoms with E-state index >= 15 is 0 Å². The van der Waals surface area contributed by atoms with Crippen molar-refractivity contribution in [1.29, 1.82) is 0 Å². The fourth-order valence-corrected chi connectivity index (χ4v) is 2.15. The van der Waals surface area contributed by atoms with E-state index in [2.05, 4.69) is 17.0 Å². The van der Waals surface area contributed by atoms with E-state index in [-0.39, 0.29) is 12.6 Å². The van der Waals surface area contributed by atoms with Crippen LogP contribution in [0.1, 0.15) is 11.1 Å². The molecule has 1 aliphatic heterocycles. The molecule has 1 aliphatic rings. The number of ether oxygens (including phenoxy) is 1. The predicted molar refractivity (Wildman–Crippen MR) is 66.4 cm³/mol. The Morgan fingerprint density at radius 1 is 1.41 bits per heavy atom. The van der Waals surface area contributed by atoms with Crippen LogP contribution >= 0.6 is 0 Å². The molecule has 94 valence electrons. The highest BCUT2D eigenvalue weighted by atomic mass is 16.5. The molecule has 0 amide bonds. The van der Waals surface area contributed by atoms with Crippen LogP contribution in [0.5, 0.6) is 0 Å². The van der Waals surface area contributed by atoms with Crippen molar-refractivity contribution >= 4 is 0 Å². The van der Waals surface area contributed by atoms with E-state index in [0.29, 0.717) is 13.2 Å². The van der Waals surface area contributed by atoms with Gasteiger partial charge in [0, 0.05) is 19.6 Å². The molecule has 1 saturated heterocycles. The molecule has 17 heavy (non-hydrogen) atoms. The highest BCUT2D eigenvalue weighted by Gasteiger charge is 2.21. The van der Waals surface area contributed by atoms with E-state index < -0.39 is 0 Å². The number of nitrogens with zero attached hydrogens (tertiary/aromatic N) is 1. The first-order chi connectivity index (χ1) is 8.33. The van der Waals surface area contributed by atoms with Gasteiger partial charge in [-0.15, -0.1) is 0 Å². The topological polar surface area (TPSA) is 58.7 Å². The number of aliphatic hydroxyl groups is 1. The molecular weight excluding hydrogens is 216 g/mol. The van der Waals surface area contributed by atoms with Gasteiger partial charge in [-0.3, -0.25) is 4.90 Å². The largest absolute Gasteiger partial charge is 0.395 e. The summed E-state index contributed by atoms with van der Waals surface area (Å²) in [7, 11) is 0. The van der Waals surface area contributed by atoms with Crippen molar-refractivity contribution in [3.8, 4) is 0 Å². The molecule has 1 unspecified atom stereocenters. The average molecular weight is 236 g/mol. The van der Waals surface area contributed by atoms with Crippen molar-refractivity contribution < 1.29 is 9.84 Å². The third-order valence-electron chi connectivity index (χ3n) is 3.17. The van der Waals surface area contributed by atoms with Gasteiger partial charge >= 0.3 is 0 Å². The number of hydrogen-bond acceptors (Lipinski definition) is 4. The summed E-state index contributed by atoms with van der Waals surface area (Å²) in [6.45, 7) is 3.80. The lowest BCUT2D eigenvalue weighted by molar-refractivity contribution is -0.0312. The summed E-state index contributed by atoms with van der Waals surface area (Å²) in [5.74, 6) is 0. The molecule has 1 atom stereocenters. The summed E-state index contributed by atoms with van der Waals surface area (Å²) in [5, 5.41) is 9.30. The van der Waals surface area contributed by atoms with Crippen molar-refractivity contribution in [2.45, 2.75) is 19.1 Å². The monoisotopic (exact) mass is 236 g/mol. The SMILES string of the molecule is NCc1cccc(CN2CCOCC2CO)c1. The van der Waals surface area contributed by atoms with Gasteiger partial charge in [-0.05, 0) is 11.1 Å². The molecule has 0 aliphatic carbocycles. The third-order valence-corrected chi connectivity index (χ3v) is 3.17. The minimum atomic E-state index is 0.116. The number of rotatable bonds is 4. The zero-order valence-corrected chi connectivity index (χ0v) is 10.0. The van der Waals surface area contributed by atoms with Crippen LogP contribution < -0.4 is 5.73 Å². The number of benzene rings is 1. The predicted octanol–water partition coefficient (Wildman–Crippen LogP) is 0.338. The van der Waals surface area contributed by atoms with Gasteiger partial charge in [0.05, 0.1) is 25.9 Å². The summed E-state index contributed by atoms with van der Waals surface area (Å²) in [5.41, 5.74) is 8.02. The van der Waals surface area contributed by atoms with E-state index in [1.54, 1.807) is 0 Å². The van der Waals surface area contributed by atoms with Crippen LogP contribution in [0, 0.1) is 0 Å². The number of hydrogen-bond donors (Lipinski definition) is 2. The molecule has 1 heterocycles. The first-order valence-corrected chi connectivity index (χ1v) is 6.04. The molecule has 0 spiro atoms. The molecule has 1 aromatic rings. The molecule has 1 fully saturated rings. The first-order valence-electron chi connectivity index (χ1n) is 6.04. The van der Waals surface area contributed by atoms with Gasteiger partial charge in [-0.25, -0.2) is 0 Å². The van der Waals surface area contributed by atoms with Crippen LogP contribution in [0.4, 0.5) is 0 Å². The van der Waals surface area contributed by atoms with Gasteiger partial charge in [-0.1, -0.05) is 24.3 Å². The molecule has 0 radical (unpaired) electrons. The summed E-state index contributed by atoms with van der Waals surface area (Å²) >= 11 is 0. The normalized spacial score (nSPS) is 21.6. The van der Waals surface area contributed by atoms with Crippen LogP contribution in [0.15, 0.2) is 24.3 Å². The Balaban J connectivity index is 2.02. The Labute approximate surface area is 102 Å². The second-order valence-electron chi connectivity index (χ2n) is 4.41. The van der Waals surface area contributed by atoms with Crippen LogP contribution in [0.2, 0.25) is 0 Å². The molecule has 3 N–H and O–H groups in total. The van der Waals surface area contributed by atoms with Gasteiger partial charge in [0.2, 0.25) is 0 Å². The molecule has 2 rings (SSSR count). The lowest BCUT2D eigenvalue weighted by atomic mass is 10.1. The van der Waals surface area contributed by atoms with Crippen molar-refractivity contribution in [3.05, 3.63) is 35.4 Å². The Morgan fingerprint density at radius 3 is 3.00 bits per heavy atom. The van der Waals surface area contributed by atoms with Gasteiger partial charge in [0.15, 0.2) is 0 Å². The zero-order chi connectivity index (χ0) is 12.1. The van der Waals surface area contributed by atoms with Crippen molar-refractivity contribution in [1.82, 2.24) is 4.90 Å². The average Bonchev–Trinajstić information content (AvgIpc) is 2.39. The molecule has 4 nitrogen and oxygen atoms in total. The van der Waals surface area contributed by atoms with Crippen LogP contribution in [-0.4, -0.2) is 42.4 Å². The highest BCUT2D eigenvalue weighted by Crippen LogP contribution is 2.13. The third kappa shape index (κ3) is 3.26. The summed E-state index contributed by atoms with van der Waals surface area (Å²) < 4.78 is 5.36. The summed E-state index contributed by atoms with van der Waals surface area (Å²) in [6.07, 6.45) is 0. The van der Waals surface area contributed by atoms with Crippen molar-refractivity contribution in [3.63, 3.8) is 0 Å². The van der Waals surface area contributed by atoms with E-state index in [0.717, 1.165) is 25.3 Å². The Kier molecular flexibility index (Phi) is 4.50. The maximum Gasteiger partial charge on any atom is 0.0644 e. The van der Waals surface area contributed by atoms with E-state index in [4.69, 9.17) is 10.5 Å². The Hall–Kier alpha value is -0.940. The maximum atomic E-state index is 9.30. The molecule has 0 aromatic heterocycles. The number of nitrogens with two attached hydrogens (primary N) is 1. The van der Waals surface area contributed by atoms with Crippen molar-refractivity contribution in [2.75, 3.05) is 26.4 Å². The minimum Gasteiger partial charge on any atom is -0.395 e. The zero-order valence-electron chi connectivity index (χ0n) is 10.0. The minimum absolute atomic E-state index is 0.116. The fraction of sp³-hybridized carbons (Fsp3) is 0.538. The number of morpholine rings is 1. The van der Waals surface area contributed by atoms with E-state index in [1.807, 2.05) is 12.1 Å². The van der Waals surface area contributed by atoms with Gasteiger partial charge in [0.1, 0.15) is 0 Å². The Morgan fingerprint density at radius 2 is 2.24 bits per heavy atom. The summed E-state index contributed by atoms with van der Waals surface area (Å²) in [6, 6.07) is 8.41. The maximum absolute atomic E-state index is 9.30. The van der Waals surface area contributed by atoms with Crippen LogP contribution in [0.25, 0.3) is 0 Å². The molecular formula is C13H20N2O2. The molecule has 4 heteroatoms. The quantitative estimate of drug-likeness (QED) is 0.791. The highest BCUT2D eigenvalue weighted by molar-refractivity contribution is 5.23. The fourth-order valence-electron chi connectivity index (χ4n) is 2.15. The Bertz CT molecular complexity index is 357. The second-order valence-corrected chi connectivity index (χ2v) is 4.41. The van der Waals surface area contributed by atoms with Gasteiger partial charge in [0.25, 0.3) is 0 Å². The number of aliphatic hydroxyl groups excluding tert-OH is 1. The standard InChI is InChI=1S/C13H20N2O2/c14-7-11-2-1-3-12(6-11)8-15-4-5-17-10-13(15)9-16/h1-3,6,13,16H,4-5,7-10,14H2. The molecule has 0 bridgehead atoms. The second kappa shape index (κ2) is 6.12. The van der Waals surface area contributed by atoms with Crippen LogP contribution in [0.3, 0.4) is 0 Å². The molecule has 0 saturated carbocycles. The smallest absolute Gasteiger partial charge is 0.0644 e. The molecule has 1 aromatic carbocycles. The summed E-state index contributed by atoms with van der Waals surface area (Å²) in [4.78, 5) is 2.26.